The Hall–Kier alpha value is -1.74. The van der Waals surface area contributed by atoms with Crippen LogP contribution in [-0.2, 0) is 0 Å². The number of nitrogens with one attached hydrogen (secondary N) is 1. The van der Waals surface area contributed by atoms with Gasteiger partial charge in [0.05, 0.1) is 5.02 Å². The Morgan fingerprint density at radius 1 is 1.20 bits per heavy atom. The molecule has 0 spiro atoms. The third-order valence-electron chi connectivity index (χ3n) is 2.01. The normalized spacial score (nSPS) is 10.2. The molecule has 2 N–H and O–H groups in total. The fourth-order valence-electron chi connectivity index (χ4n) is 1.32. The molecule has 0 radical (unpaired) electrons. The number of rotatable bonds is 1. The van der Waals surface area contributed by atoms with E-state index in [1.807, 2.05) is 0 Å². The molecule has 0 fully saturated rings. The van der Waals surface area contributed by atoms with Gasteiger partial charge in [-0.25, -0.2) is 0 Å². The van der Waals surface area contributed by atoms with Crippen molar-refractivity contribution in [2.75, 3.05) is 0 Å². The van der Waals surface area contributed by atoms with Crippen LogP contribution in [0.4, 0.5) is 0 Å². The van der Waals surface area contributed by atoms with Gasteiger partial charge in [0, 0.05) is 17.3 Å². The molecule has 0 aliphatic carbocycles. The zero-order chi connectivity index (χ0) is 10.8. The summed E-state index contributed by atoms with van der Waals surface area (Å²) in [5.41, 5.74) is 0.990. The molecule has 2 aromatic rings. The van der Waals surface area contributed by atoms with Crippen molar-refractivity contribution in [3.8, 4) is 17.0 Å². The first-order valence-electron chi connectivity index (χ1n) is 4.35. The summed E-state index contributed by atoms with van der Waals surface area (Å²) in [6.45, 7) is 0. The van der Waals surface area contributed by atoms with Gasteiger partial charge in [0.2, 0.25) is 5.56 Å². The number of phenolic OH excluding ortho intramolecular Hbond substituents is 1. The molecule has 3 nitrogen and oxygen atoms in total. The first-order chi connectivity index (χ1) is 7.16. The maximum Gasteiger partial charge on any atom is 0.248 e. The molecule has 0 aliphatic rings. The van der Waals surface area contributed by atoms with Crippen molar-refractivity contribution in [1.29, 1.82) is 0 Å². The van der Waals surface area contributed by atoms with Gasteiger partial charge in [-0.15, -0.1) is 0 Å². The lowest BCUT2D eigenvalue weighted by atomic mass is 10.1. The van der Waals surface area contributed by atoms with E-state index < -0.39 is 0 Å². The highest BCUT2D eigenvalue weighted by Crippen LogP contribution is 2.28. The minimum absolute atomic E-state index is 0.110. The molecule has 1 aromatic heterocycles. The molecular formula is C11H8ClNO2. The van der Waals surface area contributed by atoms with Crippen molar-refractivity contribution >= 4 is 11.6 Å². The lowest BCUT2D eigenvalue weighted by Crippen LogP contribution is -2.03. The van der Waals surface area contributed by atoms with Crippen LogP contribution in [0.1, 0.15) is 0 Å². The number of hydrogen-bond acceptors (Lipinski definition) is 2. The van der Waals surface area contributed by atoms with Crippen LogP contribution < -0.4 is 5.56 Å². The van der Waals surface area contributed by atoms with Crippen LogP contribution in [0.5, 0.6) is 5.75 Å². The molecule has 0 amide bonds. The Balaban J connectivity index is 2.63. The van der Waals surface area contributed by atoms with Crippen molar-refractivity contribution in [2.45, 2.75) is 0 Å². The SMILES string of the molecule is O=c1cccc(-c2cc(O)ccc2Cl)[nH]1. The van der Waals surface area contributed by atoms with E-state index in [1.54, 1.807) is 18.2 Å². The van der Waals surface area contributed by atoms with E-state index in [0.29, 0.717) is 16.3 Å². The van der Waals surface area contributed by atoms with Crippen LogP contribution in [0.15, 0.2) is 41.2 Å². The Morgan fingerprint density at radius 2 is 2.00 bits per heavy atom. The largest absolute Gasteiger partial charge is 0.508 e. The number of halogens is 1. The van der Waals surface area contributed by atoms with Gasteiger partial charge in [0.1, 0.15) is 5.75 Å². The third kappa shape index (κ3) is 2.02. The average Bonchev–Trinajstić information content (AvgIpc) is 2.22. The summed E-state index contributed by atoms with van der Waals surface area (Å²) in [6.07, 6.45) is 0. The first-order valence-corrected chi connectivity index (χ1v) is 4.73. The lowest BCUT2D eigenvalue weighted by Gasteiger charge is -2.04. The fraction of sp³-hybridized carbons (Fsp3) is 0. The van der Waals surface area contributed by atoms with Gasteiger partial charge in [0.25, 0.3) is 0 Å². The van der Waals surface area contributed by atoms with E-state index in [2.05, 4.69) is 4.98 Å². The van der Waals surface area contributed by atoms with Gasteiger partial charge >= 0.3 is 0 Å². The summed E-state index contributed by atoms with van der Waals surface area (Å²) >= 11 is 5.95. The molecule has 0 bridgehead atoms. The number of H-pyrrole nitrogens is 1. The number of hydrogen-bond donors (Lipinski definition) is 2. The molecule has 0 saturated heterocycles. The first kappa shape index (κ1) is 9.80. The van der Waals surface area contributed by atoms with Crippen LogP contribution in [-0.4, -0.2) is 10.1 Å². The lowest BCUT2D eigenvalue weighted by molar-refractivity contribution is 0.475. The third-order valence-corrected chi connectivity index (χ3v) is 2.34. The maximum atomic E-state index is 11.1. The molecule has 4 heteroatoms. The zero-order valence-corrected chi connectivity index (χ0v) is 8.45. The van der Waals surface area contributed by atoms with Crippen molar-refractivity contribution in [1.82, 2.24) is 4.98 Å². The summed E-state index contributed by atoms with van der Waals surface area (Å²) in [5.74, 6) is 0.110. The summed E-state index contributed by atoms with van der Waals surface area (Å²) in [5, 5.41) is 9.80. The number of pyridine rings is 1. The van der Waals surface area contributed by atoms with Gasteiger partial charge in [0.15, 0.2) is 0 Å². The zero-order valence-electron chi connectivity index (χ0n) is 7.70. The number of phenols is 1. The van der Waals surface area contributed by atoms with Crippen molar-refractivity contribution in [3.05, 3.63) is 51.8 Å². The summed E-state index contributed by atoms with van der Waals surface area (Å²) in [7, 11) is 0. The average molecular weight is 222 g/mol. The topological polar surface area (TPSA) is 53.1 Å². The highest BCUT2D eigenvalue weighted by atomic mass is 35.5. The Morgan fingerprint density at radius 3 is 2.73 bits per heavy atom. The molecule has 0 unspecified atom stereocenters. The highest BCUT2D eigenvalue weighted by Gasteiger charge is 2.04. The predicted molar refractivity (Wildman–Crippen MR) is 59.2 cm³/mol. The standard InChI is InChI=1S/C11H8ClNO2/c12-9-5-4-7(14)6-8(9)10-2-1-3-11(15)13-10/h1-6,14H,(H,13,15). The van der Waals surface area contributed by atoms with E-state index in [1.165, 1.54) is 18.2 Å². The van der Waals surface area contributed by atoms with Crippen molar-refractivity contribution < 1.29 is 5.11 Å². The van der Waals surface area contributed by atoms with E-state index in [-0.39, 0.29) is 11.3 Å². The molecule has 15 heavy (non-hydrogen) atoms. The molecule has 1 aromatic carbocycles. The minimum atomic E-state index is -0.202. The molecule has 2 rings (SSSR count). The smallest absolute Gasteiger partial charge is 0.248 e. The summed E-state index contributed by atoms with van der Waals surface area (Å²) < 4.78 is 0. The van der Waals surface area contributed by atoms with E-state index in [4.69, 9.17) is 11.6 Å². The number of aromatic hydroxyl groups is 1. The Kier molecular flexibility index (Phi) is 2.47. The molecule has 0 aliphatic heterocycles. The second-order valence-corrected chi connectivity index (χ2v) is 3.50. The van der Waals surface area contributed by atoms with Gasteiger partial charge in [-0.3, -0.25) is 4.79 Å². The van der Waals surface area contributed by atoms with Crippen LogP contribution in [0.2, 0.25) is 5.02 Å². The molecular weight excluding hydrogens is 214 g/mol. The van der Waals surface area contributed by atoms with E-state index >= 15 is 0 Å². The van der Waals surface area contributed by atoms with Crippen LogP contribution in [0.25, 0.3) is 11.3 Å². The molecule has 76 valence electrons. The number of benzene rings is 1. The monoisotopic (exact) mass is 221 g/mol. The highest BCUT2D eigenvalue weighted by molar-refractivity contribution is 6.33. The van der Waals surface area contributed by atoms with Gasteiger partial charge in [-0.2, -0.15) is 0 Å². The summed E-state index contributed by atoms with van der Waals surface area (Å²) in [4.78, 5) is 13.7. The fourth-order valence-corrected chi connectivity index (χ4v) is 1.54. The van der Waals surface area contributed by atoms with Gasteiger partial charge in [-0.05, 0) is 24.3 Å². The number of aromatic nitrogens is 1. The maximum absolute atomic E-state index is 11.1. The van der Waals surface area contributed by atoms with Crippen LogP contribution in [0.3, 0.4) is 0 Å². The van der Waals surface area contributed by atoms with Crippen LogP contribution >= 0.6 is 11.6 Å². The second kappa shape index (κ2) is 3.79. The predicted octanol–water partition coefficient (Wildman–Crippen LogP) is 2.40. The molecule has 0 saturated carbocycles. The van der Waals surface area contributed by atoms with E-state index in [0.717, 1.165) is 0 Å². The molecule has 0 atom stereocenters. The van der Waals surface area contributed by atoms with Gasteiger partial charge < -0.3 is 10.1 Å². The van der Waals surface area contributed by atoms with Crippen LogP contribution in [0, 0.1) is 0 Å². The quantitative estimate of drug-likeness (QED) is 0.777. The summed E-state index contributed by atoms with van der Waals surface area (Å²) in [6, 6.07) is 9.36. The molecule has 1 heterocycles. The van der Waals surface area contributed by atoms with Crippen molar-refractivity contribution in [3.63, 3.8) is 0 Å². The Bertz CT molecular complexity index is 548. The Labute approximate surface area is 91.0 Å². The van der Waals surface area contributed by atoms with Gasteiger partial charge in [-0.1, -0.05) is 17.7 Å². The number of aromatic amines is 1. The second-order valence-electron chi connectivity index (χ2n) is 3.09. The minimum Gasteiger partial charge on any atom is -0.508 e. The van der Waals surface area contributed by atoms with E-state index in [9.17, 15) is 9.90 Å². The van der Waals surface area contributed by atoms with Crippen molar-refractivity contribution in [2.24, 2.45) is 0 Å².